The number of hydrogen-bond donors (Lipinski definition) is 1. The van der Waals surface area contributed by atoms with E-state index in [1.165, 1.54) is 17.1 Å². The number of aromatic nitrogens is 6. The van der Waals surface area contributed by atoms with E-state index in [1.807, 2.05) is 44.2 Å². The molecule has 9 heteroatoms. The molecule has 29 heavy (non-hydrogen) atoms. The zero-order valence-corrected chi connectivity index (χ0v) is 16.5. The molecule has 1 aromatic carbocycles. The highest BCUT2D eigenvalue weighted by atomic mass is 16.2. The summed E-state index contributed by atoms with van der Waals surface area (Å²) in [5, 5.41) is 11.8. The molecule has 9 nitrogen and oxygen atoms in total. The highest BCUT2D eigenvalue weighted by molar-refractivity contribution is 5.90. The third-order valence-electron chi connectivity index (χ3n) is 4.68. The van der Waals surface area contributed by atoms with Crippen molar-refractivity contribution in [2.24, 2.45) is 7.05 Å². The maximum absolute atomic E-state index is 12.5. The SMILES string of the molecule is Cc1ccc(-n2nc(C)cc2NC(=O)CCn2cnc3c(cnn3C)c2=O)cc1. The van der Waals surface area contributed by atoms with Crippen molar-refractivity contribution in [2.45, 2.75) is 26.8 Å². The number of carbonyl (C=O) groups is 1. The molecule has 0 aliphatic rings. The van der Waals surface area contributed by atoms with Gasteiger partial charge in [-0.2, -0.15) is 10.2 Å². The maximum atomic E-state index is 12.5. The average molecular weight is 391 g/mol. The average Bonchev–Trinajstić information content (AvgIpc) is 3.25. The number of hydrogen-bond acceptors (Lipinski definition) is 5. The van der Waals surface area contributed by atoms with Crippen molar-refractivity contribution < 1.29 is 4.79 Å². The fourth-order valence-corrected chi connectivity index (χ4v) is 3.12. The third kappa shape index (κ3) is 3.66. The molecule has 0 bridgehead atoms. The predicted molar refractivity (Wildman–Crippen MR) is 109 cm³/mol. The lowest BCUT2D eigenvalue weighted by molar-refractivity contribution is -0.116. The number of amides is 1. The zero-order chi connectivity index (χ0) is 20.5. The predicted octanol–water partition coefficient (Wildman–Crippen LogP) is 1.96. The maximum Gasteiger partial charge on any atom is 0.264 e. The van der Waals surface area contributed by atoms with Crippen LogP contribution in [0.2, 0.25) is 0 Å². The van der Waals surface area contributed by atoms with Crippen molar-refractivity contribution in [1.82, 2.24) is 29.1 Å². The summed E-state index contributed by atoms with van der Waals surface area (Å²) >= 11 is 0. The smallest absolute Gasteiger partial charge is 0.264 e. The minimum absolute atomic E-state index is 0.130. The van der Waals surface area contributed by atoms with E-state index in [0.717, 1.165) is 16.9 Å². The first kappa shape index (κ1) is 18.6. The van der Waals surface area contributed by atoms with E-state index in [1.54, 1.807) is 16.4 Å². The van der Waals surface area contributed by atoms with Crippen molar-refractivity contribution in [3.8, 4) is 5.69 Å². The first-order valence-corrected chi connectivity index (χ1v) is 9.23. The van der Waals surface area contributed by atoms with Gasteiger partial charge in [-0.3, -0.25) is 18.8 Å². The molecule has 4 rings (SSSR count). The standard InChI is InChI=1S/C20H21N7O2/c1-13-4-6-15(7-5-13)27-17(10-14(2)24-27)23-18(28)8-9-26-12-21-19-16(20(26)29)11-22-25(19)3/h4-7,10-12H,8-9H2,1-3H3,(H,23,28). The molecule has 0 radical (unpaired) electrons. The van der Waals surface area contributed by atoms with Gasteiger partial charge in [0.15, 0.2) is 5.65 Å². The normalized spacial score (nSPS) is 11.1. The molecule has 4 aromatic rings. The van der Waals surface area contributed by atoms with E-state index in [4.69, 9.17) is 0 Å². The minimum atomic E-state index is -0.212. The number of benzene rings is 1. The van der Waals surface area contributed by atoms with Gasteiger partial charge in [0.05, 0.1) is 23.9 Å². The highest BCUT2D eigenvalue weighted by Gasteiger charge is 2.13. The van der Waals surface area contributed by atoms with Crippen molar-refractivity contribution >= 4 is 22.8 Å². The lowest BCUT2D eigenvalue weighted by Gasteiger charge is -2.10. The number of nitrogens with one attached hydrogen (secondary N) is 1. The zero-order valence-electron chi connectivity index (χ0n) is 16.5. The molecular formula is C20H21N7O2. The van der Waals surface area contributed by atoms with Gasteiger partial charge in [0, 0.05) is 26.1 Å². The van der Waals surface area contributed by atoms with Crippen LogP contribution in [0.1, 0.15) is 17.7 Å². The van der Waals surface area contributed by atoms with E-state index < -0.39 is 0 Å². The Kier molecular flexibility index (Phi) is 4.71. The van der Waals surface area contributed by atoms with Gasteiger partial charge in [-0.15, -0.1) is 0 Å². The molecule has 1 N–H and O–H groups in total. The van der Waals surface area contributed by atoms with Crippen molar-refractivity contribution in [1.29, 1.82) is 0 Å². The van der Waals surface area contributed by atoms with Gasteiger partial charge >= 0.3 is 0 Å². The monoisotopic (exact) mass is 391 g/mol. The first-order valence-electron chi connectivity index (χ1n) is 9.23. The Morgan fingerprint density at radius 2 is 1.93 bits per heavy atom. The third-order valence-corrected chi connectivity index (χ3v) is 4.68. The molecule has 1 amide bonds. The van der Waals surface area contributed by atoms with Crippen molar-refractivity contribution in [3.63, 3.8) is 0 Å². The van der Waals surface area contributed by atoms with E-state index in [9.17, 15) is 9.59 Å². The van der Waals surface area contributed by atoms with E-state index >= 15 is 0 Å². The molecule has 0 fully saturated rings. The summed E-state index contributed by atoms with van der Waals surface area (Å²) < 4.78 is 4.66. The molecule has 0 spiro atoms. The lowest BCUT2D eigenvalue weighted by Crippen LogP contribution is -2.24. The topological polar surface area (TPSA) is 99.6 Å². The number of fused-ring (bicyclic) bond motifs is 1. The van der Waals surface area contributed by atoms with Crippen molar-refractivity contribution in [3.05, 3.63) is 64.5 Å². The summed E-state index contributed by atoms with van der Waals surface area (Å²) in [6.07, 6.45) is 3.07. The number of rotatable bonds is 5. The van der Waals surface area contributed by atoms with Gasteiger partial charge in [-0.05, 0) is 26.0 Å². The van der Waals surface area contributed by atoms with Crippen LogP contribution in [0.3, 0.4) is 0 Å². The molecule has 0 atom stereocenters. The van der Waals surface area contributed by atoms with E-state index in [2.05, 4.69) is 20.5 Å². The summed E-state index contributed by atoms with van der Waals surface area (Å²) in [4.78, 5) is 29.3. The Morgan fingerprint density at radius 1 is 1.17 bits per heavy atom. The Bertz CT molecular complexity index is 1250. The summed E-state index contributed by atoms with van der Waals surface area (Å²) in [5.41, 5.74) is 3.11. The molecule has 0 saturated heterocycles. The van der Waals surface area contributed by atoms with Crippen LogP contribution in [-0.4, -0.2) is 35.0 Å². The van der Waals surface area contributed by atoms with Gasteiger partial charge < -0.3 is 5.32 Å². The first-order chi connectivity index (χ1) is 13.9. The van der Waals surface area contributed by atoms with Gasteiger partial charge in [0.1, 0.15) is 11.2 Å². The van der Waals surface area contributed by atoms with Crippen LogP contribution in [0.15, 0.2) is 47.7 Å². The van der Waals surface area contributed by atoms with Gasteiger partial charge in [-0.1, -0.05) is 17.7 Å². The largest absolute Gasteiger partial charge is 0.311 e. The number of aryl methyl sites for hydroxylation is 4. The molecule has 0 aliphatic heterocycles. The molecule has 148 valence electrons. The van der Waals surface area contributed by atoms with Crippen LogP contribution in [0, 0.1) is 13.8 Å². The van der Waals surface area contributed by atoms with Gasteiger partial charge in [0.25, 0.3) is 5.56 Å². The van der Waals surface area contributed by atoms with Gasteiger partial charge in [-0.25, -0.2) is 9.67 Å². The van der Waals surface area contributed by atoms with Crippen LogP contribution < -0.4 is 10.9 Å². The molecule has 0 aliphatic carbocycles. The number of anilines is 1. The fourth-order valence-electron chi connectivity index (χ4n) is 3.12. The molecular weight excluding hydrogens is 370 g/mol. The van der Waals surface area contributed by atoms with Crippen LogP contribution in [0.4, 0.5) is 5.82 Å². The Hall–Kier alpha value is -3.75. The second kappa shape index (κ2) is 7.34. The molecule has 3 aromatic heterocycles. The number of carbonyl (C=O) groups excluding carboxylic acids is 1. The summed E-state index contributed by atoms with van der Waals surface area (Å²) in [6, 6.07) is 9.70. The number of nitrogens with zero attached hydrogens (tertiary/aromatic N) is 6. The quantitative estimate of drug-likeness (QED) is 0.561. The van der Waals surface area contributed by atoms with Gasteiger partial charge in [0.2, 0.25) is 5.91 Å². The van der Waals surface area contributed by atoms with Crippen LogP contribution in [0.5, 0.6) is 0 Å². The highest BCUT2D eigenvalue weighted by Crippen LogP contribution is 2.18. The van der Waals surface area contributed by atoms with E-state index in [0.29, 0.717) is 16.9 Å². The second-order valence-electron chi connectivity index (χ2n) is 6.97. The van der Waals surface area contributed by atoms with Crippen LogP contribution in [-0.2, 0) is 18.4 Å². The second-order valence-corrected chi connectivity index (χ2v) is 6.97. The molecule has 0 unspecified atom stereocenters. The Labute approximate surface area is 166 Å². The summed E-state index contributed by atoms with van der Waals surface area (Å²) in [5.74, 6) is 0.376. The summed E-state index contributed by atoms with van der Waals surface area (Å²) in [7, 11) is 1.73. The van der Waals surface area contributed by atoms with Crippen LogP contribution in [0.25, 0.3) is 16.7 Å². The lowest BCUT2D eigenvalue weighted by atomic mass is 10.2. The molecule has 0 saturated carbocycles. The van der Waals surface area contributed by atoms with E-state index in [-0.39, 0.29) is 24.4 Å². The summed E-state index contributed by atoms with van der Waals surface area (Å²) in [6.45, 7) is 4.11. The van der Waals surface area contributed by atoms with Crippen LogP contribution >= 0.6 is 0 Å². The molecule has 3 heterocycles. The fraction of sp³-hybridized carbons (Fsp3) is 0.250. The Balaban J connectivity index is 1.49. The Morgan fingerprint density at radius 3 is 2.69 bits per heavy atom. The van der Waals surface area contributed by atoms with Crippen molar-refractivity contribution in [2.75, 3.05) is 5.32 Å². The minimum Gasteiger partial charge on any atom is -0.311 e.